The van der Waals surface area contributed by atoms with E-state index >= 15 is 0 Å². The van der Waals surface area contributed by atoms with E-state index in [-0.39, 0.29) is 29.4 Å². The Morgan fingerprint density at radius 2 is 1.50 bits per heavy atom. The standard InChI is InChI=1S/C13H11NO4/c15-10-5-11(16)13(12(17)6-10)9-3-1-8(2-4-9)7-14-18/h1-6,15-17H,7H2. The molecule has 0 bridgehead atoms. The van der Waals surface area contributed by atoms with Crippen molar-refractivity contribution in [3.63, 3.8) is 0 Å². The number of benzene rings is 2. The minimum absolute atomic E-state index is 0.0772. The van der Waals surface area contributed by atoms with Crippen LogP contribution >= 0.6 is 0 Å². The Bertz CT molecular complexity index is 555. The van der Waals surface area contributed by atoms with Crippen LogP contribution in [0.1, 0.15) is 5.56 Å². The van der Waals surface area contributed by atoms with Crippen LogP contribution < -0.4 is 0 Å². The number of phenols is 3. The zero-order valence-electron chi connectivity index (χ0n) is 9.37. The van der Waals surface area contributed by atoms with Crippen molar-refractivity contribution in [2.24, 2.45) is 5.18 Å². The molecule has 2 rings (SSSR count). The number of aromatic hydroxyl groups is 3. The van der Waals surface area contributed by atoms with Crippen LogP contribution in [0.4, 0.5) is 0 Å². The smallest absolute Gasteiger partial charge is 0.130 e. The summed E-state index contributed by atoms with van der Waals surface area (Å²) >= 11 is 0. The molecule has 92 valence electrons. The van der Waals surface area contributed by atoms with Crippen molar-refractivity contribution in [3.8, 4) is 28.4 Å². The molecule has 5 heteroatoms. The van der Waals surface area contributed by atoms with Crippen molar-refractivity contribution in [1.29, 1.82) is 0 Å². The fraction of sp³-hybridized carbons (Fsp3) is 0.0769. The number of rotatable bonds is 3. The summed E-state index contributed by atoms with van der Waals surface area (Å²) in [4.78, 5) is 10.1. The van der Waals surface area contributed by atoms with E-state index in [1.165, 1.54) is 0 Å². The molecular weight excluding hydrogens is 234 g/mol. The molecule has 0 aliphatic carbocycles. The molecule has 0 radical (unpaired) electrons. The molecule has 0 aromatic heterocycles. The summed E-state index contributed by atoms with van der Waals surface area (Å²) < 4.78 is 0. The predicted molar refractivity (Wildman–Crippen MR) is 66.4 cm³/mol. The van der Waals surface area contributed by atoms with Gasteiger partial charge in [-0.3, -0.25) is 0 Å². The predicted octanol–water partition coefficient (Wildman–Crippen LogP) is 2.74. The van der Waals surface area contributed by atoms with E-state index in [1.807, 2.05) is 0 Å². The molecule has 2 aromatic carbocycles. The molecule has 0 saturated heterocycles. The third kappa shape index (κ3) is 2.24. The molecule has 18 heavy (non-hydrogen) atoms. The van der Waals surface area contributed by atoms with Gasteiger partial charge in [-0.15, -0.1) is 0 Å². The van der Waals surface area contributed by atoms with Crippen molar-refractivity contribution < 1.29 is 15.3 Å². The Morgan fingerprint density at radius 1 is 0.944 bits per heavy atom. The summed E-state index contributed by atoms with van der Waals surface area (Å²) in [6.07, 6.45) is 0. The third-order valence-corrected chi connectivity index (χ3v) is 2.57. The monoisotopic (exact) mass is 245 g/mol. The Hall–Kier alpha value is -2.56. The Morgan fingerprint density at radius 3 is 2.00 bits per heavy atom. The first-order valence-electron chi connectivity index (χ1n) is 5.25. The average Bonchev–Trinajstić information content (AvgIpc) is 2.30. The second-order valence-corrected chi connectivity index (χ2v) is 3.84. The van der Waals surface area contributed by atoms with Gasteiger partial charge in [-0.1, -0.05) is 29.4 Å². The highest BCUT2D eigenvalue weighted by molar-refractivity contribution is 5.77. The summed E-state index contributed by atoms with van der Waals surface area (Å²) in [5.74, 6) is -0.641. The van der Waals surface area contributed by atoms with Gasteiger partial charge < -0.3 is 15.3 Å². The molecule has 0 aliphatic rings. The van der Waals surface area contributed by atoms with Crippen LogP contribution in [0.2, 0.25) is 0 Å². The Kier molecular flexibility index (Phi) is 3.14. The van der Waals surface area contributed by atoms with Crippen LogP contribution in [0.5, 0.6) is 17.2 Å². The van der Waals surface area contributed by atoms with Crippen LogP contribution in [0, 0.1) is 4.91 Å². The van der Waals surface area contributed by atoms with Crippen molar-refractivity contribution in [2.45, 2.75) is 6.54 Å². The Labute approximate surface area is 103 Å². The zero-order valence-corrected chi connectivity index (χ0v) is 9.37. The molecule has 0 fully saturated rings. The van der Waals surface area contributed by atoms with Gasteiger partial charge in [0.15, 0.2) is 0 Å². The first kappa shape index (κ1) is 11.9. The van der Waals surface area contributed by atoms with Crippen molar-refractivity contribution in [2.75, 3.05) is 0 Å². The van der Waals surface area contributed by atoms with Gasteiger partial charge in [-0.2, -0.15) is 4.91 Å². The molecule has 0 spiro atoms. The van der Waals surface area contributed by atoms with Crippen molar-refractivity contribution in [1.82, 2.24) is 0 Å². The van der Waals surface area contributed by atoms with E-state index in [4.69, 9.17) is 0 Å². The van der Waals surface area contributed by atoms with Gasteiger partial charge in [0.05, 0.1) is 5.56 Å². The second-order valence-electron chi connectivity index (χ2n) is 3.84. The van der Waals surface area contributed by atoms with Crippen LogP contribution in [-0.2, 0) is 6.54 Å². The van der Waals surface area contributed by atoms with Gasteiger partial charge >= 0.3 is 0 Å². The Balaban J connectivity index is 2.45. The first-order valence-corrected chi connectivity index (χ1v) is 5.25. The van der Waals surface area contributed by atoms with E-state index in [9.17, 15) is 20.2 Å². The highest BCUT2D eigenvalue weighted by atomic mass is 16.3. The maximum Gasteiger partial charge on any atom is 0.130 e. The van der Waals surface area contributed by atoms with Crippen molar-refractivity contribution >= 4 is 0 Å². The number of nitroso groups, excluding NO2 is 1. The quantitative estimate of drug-likeness (QED) is 0.725. The van der Waals surface area contributed by atoms with Gasteiger partial charge in [0.2, 0.25) is 0 Å². The van der Waals surface area contributed by atoms with Gasteiger partial charge in [-0.25, -0.2) is 0 Å². The van der Waals surface area contributed by atoms with Gasteiger partial charge in [0, 0.05) is 12.1 Å². The summed E-state index contributed by atoms with van der Waals surface area (Å²) in [7, 11) is 0. The van der Waals surface area contributed by atoms with E-state index in [2.05, 4.69) is 5.18 Å². The molecular formula is C13H11NO4. The molecule has 0 heterocycles. The van der Waals surface area contributed by atoms with Crippen LogP contribution in [0.15, 0.2) is 41.6 Å². The topological polar surface area (TPSA) is 90.1 Å². The van der Waals surface area contributed by atoms with E-state index < -0.39 is 0 Å². The van der Waals surface area contributed by atoms with Crippen LogP contribution in [0.3, 0.4) is 0 Å². The lowest BCUT2D eigenvalue weighted by Gasteiger charge is -2.08. The maximum absolute atomic E-state index is 10.1. The molecule has 2 aromatic rings. The SMILES string of the molecule is O=NCc1ccc(-c2c(O)cc(O)cc2O)cc1. The normalized spacial score (nSPS) is 10.2. The van der Waals surface area contributed by atoms with Gasteiger partial charge in [-0.05, 0) is 11.1 Å². The number of hydrogen-bond acceptors (Lipinski definition) is 5. The minimum Gasteiger partial charge on any atom is -0.508 e. The zero-order chi connectivity index (χ0) is 13.1. The molecule has 5 nitrogen and oxygen atoms in total. The lowest BCUT2D eigenvalue weighted by molar-refractivity contribution is 0.430. The van der Waals surface area contributed by atoms with Crippen molar-refractivity contribution in [3.05, 3.63) is 46.9 Å². The fourth-order valence-corrected chi connectivity index (χ4v) is 1.74. The maximum atomic E-state index is 10.1. The van der Waals surface area contributed by atoms with E-state index in [0.717, 1.165) is 17.7 Å². The van der Waals surface area contributed by atoms with E-state index in [1.54, 1.807) is 24.3 Å². The highest BCUT2D eigenvalue weighted by Gasteiger charge is 2.11. The lowest BCUT2D eigenvalue weighted by Crippen LogP contribution is -1.84. The summed E-state index contributed by atoms with van der Waals surface area (Å²) in [5.41, 5.74) is 1.56. The van der Waals surface area contributed by atoms with Gasteiger partial charge in [0.1, 0.15) is 23.8 Å². The van der Waals surface area contributed by atoms with Crippen LogP contribution in [-0.4, -0.2) is 15.3 Å². The average molecular weight is 245 g/mol. The number of hydrogen-bond donors (Lipinski definition) is 3. The second kappa shape index (κ2) is 4.75. The molecule has 0 aliphatic heterocycles. The first-order chi connectivity index (χ1) is 8.61. The molecule has 0 amide bonds. The highest BCUT2D eigenvalue weighted by Crippen LogP contribution is 2.40. The van der Waals surface area contributed by atoms with Gasteiger partial charge in [0.25, 0.3) is 0 Å². The summed E-state index contributed by atoms with van der Waals surface area (Å²) in [5, 5.41) is 31.4. The molecule has 0 unspecified atom stereocenters. The largest absolute Gasteiger partial charge is 0.508 e. The lowest BCUT2D eigenvalue weighted by atomic mass is 10.0. The van der Waals surface area contributed by atoms with Crippen LogP contribution in [0.25, 0.3) is 11.1 Å². The van der Waals surface area contributed by atoms with E-state index in [0.29, 0.717) is 5.56 Å². The summed E-state index contributed by atoms with van der Waals surface area (Å²) in [6.45, 7) is 0.0772. The summed E-state index contributed by atoms with van der Waals surface area (Å²) in [6, 6.07) is 8.98. The molecule has 0 atom stereocenters. The fourth-order valence-electron chi connectivity index (χ4n) is 1.74. The number of nitrogens with zero attached hydrogens (tertiary/aromatic N) is 1. The molecule has 3 N–H and O–H groups in total. The molecule has 0 saturated carbocycles. The minimum atomic E-state index is -0.214. The number of phenolic OH excluding ortho intramolecular Hbond substituents is 3. The third-order valence-electron chi connectivity index (χ3n) is 2.57.